The zero-order chi connectivity index (χ0) is 13.5. The summed E-state index contributed by atoms with van der Waals surface area (Å²) in [6, 6.07) is 4.11. The van der Waals surface area contributed by atoms with E-state index in [4.69, 9.17) is 28.3 Å². The minimum atomic E-state index is -4.31. The first-order valence-corrected chi connectivity index (χ1v) is 5.83. The number of hydrogen-bond donors (Lipinski definition) is 1. The monoisotopic (exact) mass is 288 g/mol. The molecule has 0 aliphatic rings. The summed E-state index contributed by atoms with van der Waals surface area (Å²) >= 11 is 9.53. The molecule has 0 unspecified atom stereocenters. The molecule has 1 rings (SSSR count). The van der Waals surface area contributed by atoms with Crippen molar-refractivity contribution in [3.05, 3.63) is 34.9 Å². The largest absolute Gasteiger partial charge is 0.416 e. The minimum absolute atomic E-state index is 0.139. The van der Waals surface area contributed by atoms with Gasteiger partial charge in [0, 0.05) is 6.61 Å². The van der Waals surface area contributed by atoms with Gasteiger partial charge in [-0.3, -0.25) is 0 Å². The Bertz CT molecular complexity index is 340. The van der Waals surface area contributed by atoms with Crippen molar-refractivity contribution < 1.29 is 18.3 Å². The SMILES string of the molecule is Cc1ccc(CCO)cc1C(F)(F)F.ClCCl. The van der Waals surface area contributed by atoms with E-state index < -0.39 is 11.7 Å². The molecular formula is C11H13Cl2F3O. The van der Waals surface area contributed by atoms with Gasteiger partial charge >= 0.3 is 6.18 Å². The molecular weight excluding hydrogens is 276 g/mol. The molecule has 1 nitrogen and oxygen atoms in total. The van der Waals surface area contributed by atoms with Crippen LogP contribution in [0.1, 0.15) is 16.7 Å². The van der Waals surface area contributed by atoms with Crippen LogP contribution in [0.3, 0.4) is 0 Å². The van der Waals surface area contributed by atoms with Crippen LogP contribution >= 0.6 is 23.2 Å². The second-order valence-corrected chi connectivity index (χ2v) is 4.03. The molecule has 0 bridgehead atoms. The van der Waals surface area contributed by atoms with Gasteiger partial charge in [0.1, 0.15) is 0 Å². The molecule has 0 fully saturated rings. The van der Waals surface area contributed by atoms with Crippen molar-refractivity contribution in [1.82, 2.24) is 0 Å². The summed E-state index contributed by atoms with van der Waals surface area (Å²) in [6.45, 7) is 1.28. The van der Waals surface area contributed by atoms with Crippen molar-refractivity contribution in [2.75, 3.05) is 11.9 Å². The van der Waals surface area contributed by atoms with Crippen molar-refractivity contribution in [2.45, 2.75) is 19.5 Å². The van der Waals surface area contributed by atoms with E-state index in [0.29, 0.717) is 5.56 Å². The first kappa shape index (κ1) is 16.6. The van der Waals surface area contributed by atoms with Gasteiger partial charge in [0.05, 0.1) is 10.9 Å². The summed E-state index contributed by atoms with van der Waals surface area (Å²) < 4.78 is 37.2. The first-order chi connectivity index (χ1) is 7.86. The lowest BCUT2D eigenvalue weighted by atomic mass is 10.0. The molecule has 0 radical (unpaired) electrons. The van der Waals surface area contributed by atoms with Crippen LogP contribution in [-0.4, -0.2) is 17.1 Å². The van der Waals surface area contributed by atoms with E-state index in [2.05, 4.69) is 0 Å². The number of aliphatic hydroxyl groups excluding tert-OH is 1. The van der Waals surface area contributed by atoms with Crippen LogP contribution in [0.25, 0.3) is 0 Å². The molecule has 6 heteroatoms. The molecule has 0 aromatic heterocycles. The fraction of sp³-hybridized carbons (Fsp3) is 0.455. The smallest absolute Gasteiger partial charge is 0.396 e. The third kappa shape index (κ3) is 6.15. The summed E-state index contributed by atoms with van der Waals surface area (Å²) in [5.41, 5.74) is 0.0908. The Morgan fingerprint density at radius 2 is 1.76 bits per heavy atom. The van der Waals surface area contributed by atoms with E-state index >= 15 is 0 Å². The highest BCUT2D eigenvalue weighted by Gasteiger charge is 2.32. The van der Waals surface area contributed by atoms with Crippen molar-refractivity contribution in [3.63, 3.8) is 0 Å². The molecule has 17 heavy (non-hydrogen) atoms. The van der Waals surface area contributed by atoms with Crippen molar-refractivity contribution in [3.8, 4) is 0 Å². The zero-order valence-electron chi connectivity index (χ0n) is 9.19. The fourth-order valence-electron chi connectivity index (χ4n) is 1.26. The van der Waals surface area contributed by atoms with Gasteiger partial charge in [-0.2, -0.15) is 13.2 Å². The van der Waals surface area contributed by atoms with Gasteiger partial charge in [-0.1, -0.05) is 12.1 Å². The number of aryl methyl sites for hydroxylation is 1. The lowest BCUT2D eigenvalue weighted by Crippen LogP contribution is -2.08. The zero-order valence-corrected chi connectivity index (χ0v) is 10.7. The molecule has 0 aliphatic carbocycles. The van der Waals surface area contributed by atoms with Crippen LogP contribution in [0.15, 0.2) is 18.2 Å². The average Bonchev–Trinajstić information content (AvgIpc) is 2.21. The third-order valence-electron chi connectivity index (χ3n) is 2.01. The molecule has 98 valence electrons. The number of benzene rings is 1. The maximum Gasteiger partial charge on any atom is 0.416 e. The Labute approximate surface area is 108 Å². The standard InChI is InChI=1S/C10H11F3O.CH2Cl2/c1-7-2-3-8(4-5-14)6-9(7)10(11,12)13;2-1-3/h2-3,6,14H,4-5H2,1H3;1H2. The summed E-state index contributed by atoms with van der Waals surface area (Å²) in [4.78, 5) is 0. The van der Waals surface area contributed by atoms with Crippen LogP contribution in [0, 0.1) is 6.92 Å². The number of rotatable bonds is 2. The molecule has 1 aromatic rings. The van der Waals surface area contributed by atoms with Crippen molar-refractivity contribution >= 4 is 23.2 Å². The van der Waals surface area contributed by atoms with Gasteiger partial charge in [0.25, 0.3) is 0 Å². The van der Waals surface area contributed by atoms with Gasteiger partial charge in [0.2, 0.25) is 0 Å². The first-order valence-electron chi connectivity index (χ1n) is 4.76. The Morgan fingerprint density at radius 1 is 1.24 bits per heavy atom. The topological polar surface area (TPSA) is 20.2 Å². The quantitative estimate of drug-likeness (QED) is 0.817. The maximum atomic E-state index is 12.4. The highest BCUT2D eigenvalue weighted by Crippen LogP contribution is 2.32. The van der Waals surface area contributed by atoms with E-state index in [0.717, 1.165) is 6.07 Å². The van der Waals surface area contributed by atoms with E-state index in [1.807, 2.05) is 0 Å². The second kappa shape index (κ2) is 7.80. The van der Waals surface area contributed by atoms with E-state index in [1.165, 1.54) is 13.0 Å². The average molecular weight is 289 g/mol. The van der Waals surface area contributed by atoms with Gasteiger partial charge in [-0.15, -0.1) is 23.2 Å². The number of alkyl halides is 5. The Kier molecular flexibility index (Phi) is 7.59. The van der Waals surface area contributed by atoms with Gasteiger partial charge in [-0.05, 0) is 30.5 Å². The highest BCUT2D eigenvalue weighted by atomic mass is 35.5. The van der Waals surface area contributed by atoms with Crippen LogP contribution in [-0.2, 0) is 12.6 Å². The molecule has 0 saturated carbocycles. The minimum Gasteiger partial charge on any atom is -0.396 e. The van der Waals surface area contributed by atoms with Gasteiger partial charge in [0.15, 0.2) is 0 Å². The predicted octanol–water partition coefficient (Wildman–Crippen LogP) is 3.97. The van der Waals surface area contributed by atoms with Gasteiger partial charge < -0.3 is 5.11 Å². The molecule has 0 saturated heterocycles. The summed E-state index contributed by atoms with van der Waals surface area (Å²) in [7, 11) is 0. The Hall–Kier alpha value is -0.450. The predicted molar refractivity (Wildman–Crippen MR) is 63.5 cm³/mol. The van der Waals surface area contributed by atoms with E-state index in [-0.39, 0.29) is 23.9 Å². The van der Waals surface area contributed by atoms with Crippen LogP contribution in [0.5, 0.6) is 0 Å². The number of halogens is 5. The third-order valence-corrected chi connectivity index (χ3v) is 2.01. The highest BCUT2D eigenvalue weighted by molar-refractivity contribution is 6.40. The molecule has 0 aliphatic heterocycles. The van der Waals surface area contributed by atoms with Crippen LogP contribution in [0.2, 0.25) is 0 Å². The lowest BCUT2D eigenvalue weighted by Gasteiger charge is -2.11. The van der Waals surface area contributed by atoms with E-state index in [9.17, 15) is 13.2 Å². The maximum absolute atomic E-state index is 12.4. The molecule has 1 N–H and O–H groups in total. The number of aliphatic hydroxyl groups is 1. The fourth-order valence-corrected chi connectivity index (χ4v) is 1.26. The molecule has 1 aromatic carbocycles. The van der Waals surface area contributed by atoms with Gasteiger partial charge in [-0.25, -0.2) is 0 Å². The molecule has 0 amide bonds. The van der Waals surface area contributed by atoms with E-state index in [1.54, 1.807) is 6.07 Å². The van der Waals surface area contributed by atoms with Crippen LogP contribution < -0.4 is 0 Å². The molecule has 0 spiro atoms. The van der Waals surface area contributed by atoms with Crippen LogP contribution in [0.4, 0.5) is 13.2 Å². The summed E-state index contributed by atoms with van der Waals surface area (Å²) in [5, 5.41) is 8.80. The number of hydrogen-bond acceptors (Lipinski definition) is 1. The normalized spacial score (nSPS) is 10.8. The molecule has 0 heterocycles. The Morgan fingerprint density at radius 3 is 2.18 bits per heavy atom. The Balaban J connectivity index is 0.000000770. The van der Waals surface area contributed by atoms with Crippen molar-refractivity contribution in [1.29, 1.82) is 0 Å². The summed E-state index contributed by atoms with van der Waals surface area (Å²) in [6.07, 6.45) is -4.06. The lowest BCUT2D eigenvalue weighted by molar-refractivity contribution is -0.138. The van der Waals surface area contributed by atoms with Crippen molar-refractivity contribution in [2.24, 2.45) is 0 Å². The summed E-state index contributed by atoms with van der Waals surface area (Å²) in [5.74, 6) is 0. The molecule has 0 atom stereocenters. The second-order valence-electron chi connectivity index (χ2n) is 3.22.